The van der Waals surface area contributed by atoms with E-state index in [0.717, 1.165) is 27.9 Å². The van der Waals surface area contributed by atoms with Gasteiger partial charge in [0, 0.05) is 13.5 Å². The van der Waals surface area contributed by atoms with Gasteiger partial charge in [0.2, 0.25) is 0 Å². The number of nitrogens with zero attached hydrogens (tertiary/aromatic N) is 3. The number of hydrogen-bond acceptors (Lipinski definition) is 3. The number of hydrogen-bond donors (Lipinski definition) is 2. The molecule has 6 nitrogen and oxygen atoms in total. The summed E-state index contributed by atoms with van der Waals surface area (Å²) in [6.07, 6.45) is 3.97. The molecule has 0 aliphatic rings. The Morgan fingerprint density at radius 1 is 1.22 bits per heavy atom. The summed E-state index contributed by atoms with van der Waals surface area (Å²) in [5.41, 5.74) is 5.54. The number of H-pyrrole nitrogens is 1. The van der Waals surface area contributed by atoms with Crippen LogP contribution in [-0.4, -0.2) is 25.7 Å². The van der Waals surface area contributed by atoms with E-state index in [1.165, 1.54) is 0 Å². The number of benzene rings is 2. The zero-order valence-electron chi connectivity index (χ0n) is 15.3. The SMILES string of the molecule is CC(NC(=O)c1cnn(C)c1Cc1ccccc1)c1ccc2nc[nH]c2c1. The number of amides is 1. The fraction of sp³-hybridized carbons (Fsp3) is 0.190. The van der Waals surface area contributed by atoms with Crippen molar-refractivity contribution < 1.29 is 4.79 Å². The van der Waals surface area contributed by atoms with Gasteiger partial charge in [0.25, 0.3) is 5.91 Å². The molecule has 0 spiro atoms. The zero-order chi connectivity index (χ0) is 18.8. The van der Waals surface area contributed by atoms with Crippen molar-refractivity contribution in [3.05, 3.63) is 83.4 Å². The first-order valence-electron chi connectivity index (χ1n) is 8.90. The van der Waals surface area contributed by atoms with E-state index in [1.807, 2.05) is 50.4 Å². The Balaban J connectivity index is 1.54. The maximum atomic E-state index is 12.9. The van der Waals surface area contributed by atoms with Crippen molar-refractivity contribution in [1.82, 2.24) is 25.1 Å². The first-order chi connectivity index (χ1) is 13.1. The van der Waals surface area contributed by atoms with Crippen molar-refractivity contribution in [1.29, 1.82) is 0 Å². The number of aromatic amines is 1. The summed E-state index contributed by atoms with van der Waals surface area (Å²) in [7, 11) is 1.87. The van der Waals surface area contributed by atoms with Gasteiger partial charge in [-0.15, -0.1) is 0 Å². The first-order valence-corrected chi connectivity index (χ1v) is 8.90. The Hall–Kier alpha value is -3.41. The van der Waals surface area contributed by atoms with Crippen LogP contribution in [-0.2, 0) is 13.5 Å². The van der Waals surface area contributed by atoms with Gasteiger partial charge in [0.15, 0.2) is 0 Å². The van der Waals surface area contributed by atoms with E-state index in [1.54, 1.807) is 17.2 Å². The number of aromatic nitrogens is 4. The normalized spacial score (nSPS) is 12.2. The van der Waals surface area contributed by atoms with Gasteiger partial charge < -0.3 is 10.3 Å². The largest absolute Gasteiger partial charge is 0.345 e. The number of fused-ring (bicyclic) bond motifs is 1. The van der Waals surface area contributed by atoms with Gasteiger partial charge in [-0.2, -0.15) is 5.10 Å². The van der Waals surface area contributed by atoms with E-state index in [9.17, 15) is 4.79 Å². The predicted octanol–water partition coefficient (Wildman–Crippen LogP) is 3.38. The molecule has 0 bridgehead atoms. The molecule has 1 unspecified atom stereocenters. The Bertz CT molecular complexity index is 1080. The van der Waals surface area contributed by atoms with Gasteiger partial charge in [-0.1, -0.05) is 36.4 Å². The Morgan fingerprint density at radius 2 is 2.04 bits per heavy atom. The van der Waals surface area contributed by atoms with Crippen LogP contribution >= 0.6 is 0 Å². The summed E-state index contributed by atoms with van der Waals surface area (Å²) in [6.45, 7) is 1.97. The molecule has 0 aliphatic carbocycles. The van der Waals surface area contributed by atoms with E-state index in [2.05, 4.69) is 32.5 Å². The lowest BCUT2D eigenvalue weighted by atomic mass is 10.0. The van der Waals surface area contributed by atoms with Crippen LogP contribution in [0.4, 0.5) is 0 Å². The molecule has 0 radical (unpaired) electrons. The highest BCUT2D eigenvalue weighted by Crippen LogP contribution is 2.19. The molecular weight excluding hydrogens is 338 g/mol. The Kier molecular flexibility index (Phi) is 4.46. The van der Waals surface area contributed by atoms with Crippen LogP contribution < -0.4 is 5.32 Å². The minimum Gasteiger partial charge on any atom is -0.345 e. The second-order valence-corrected chi connectivity index (χ2v) is 6.67. The van der Waals surface area contributed by atoms with Crippen LogP contribution in [0.5, 0.6) is 0 Å². The highest BCUT2D eigenvalue weighted by molar-refractivity contribution is 5.95. The third-order valence-electron chi connectivity index (χ3n) is 4.81. The molecule has 0 saturated carbocycles. The molecule has 0 aliphatic heterocycles. The van der Waals surface area contributed by atoms with Crippen LogP contribution in [0.15, 0.2) is 61.1 Å². The molecule has 0 fully saturated rings. The van der Waals surface area contributed by atoms with Gasteiger partial charge in [-0.3, -0.25) is 9.48 Å². The quantitative estimate of drug-likeness (QED) is 0.574. The number of nitrogens with one attached hydrogen (secondary N) is 2. The fourth-order valence-corrected chi connectivity index (χ4v) is 3.23. The van der Waals surface area contributed by atoms with Crippen molar-refractivity contribution in [2.45, 2.75) is 19.4 Å². The zero-order valence-corrected chi connectivity index (χ0v) is 15.3. The number of imidazole rings is 1. The molecule has 136 valence electrons. The maximum absolute atomic E-state index is 12.9. The highest BCUT2D eigenvalue weighted by Gasteiger charge is 2.19. The van der Waals surface area contributed by atoms with E-state index in [0.29, 0.717) is 12.0 Å². The molecule has 2 N–H and O–H groups in total. The minimum atomic E-state index is -0.130. The van der Waals surface area contributed by atoms with Crippen molar-refractivity contribution in [2.24, 2.45) is 7.05 Å². The van der Waals surface area contributed by atoms with Crippen molar-refractivity contribution in [2.75, 3.05) is 0 Å². The Morgan fingerprint density at radius 3 is 2.85 bits per heavy atom. The third-order valence-corrected chi connectivity index (χ3v) is 4.81. The van der Waals surface area contributed by atoms with Crippen LogP contribution in [0.2, 0.25) is 0 Å². The summed E-state index contributed by atoms with van der Waals surface area (Å²) in [4.78, 5) is 20.2. The summed E-state index contributed by atoms with van der Waals surface area (Å²) in [5.74, 6) is -0.119. The van der Waals surface area contributed by atoms with E-state index < -0.39 is 0 Å². The lowest BCUT2D eigenvalue weighted by Gasteiger charge is -2.15. The summed E-state index contributed by atoms with van der Waals surface area (Å²) < 4.78 is 1.77. The number of aryl methyl sites for hydroxylation is 1. The van der Waals surface area contributed by atoms with Crippen molar-refractivity contribution >= 4 is 16.9 Å². The van der Waals surface area contributed by atoms with Gasteiger partial charge in [0.1, 0.15) is 0 Å². The van der Waals surface area contributed by atoms with Crippen molar-refractivity contribution in [3.8, 4) is 0 Å². The van der Waals surface area contributed by atoms with Gasteiger partial charge in [-0.05, 0) is 30.2 Å². The average Bonchev–Trinajstić information content (AvgIpc) is 3.29. The van der Waals surface area contributed by atoms with Gasteiger partial charge in [0.05, 0.1) is 40.9 Å². The summed E-state index contributed by atoms with van der Waals surface area (Å²) in [5, 5.41) is 7.37. The molecule has 4 aromatic rings. The number of rotatable bonds is 5. The minimum absolute atomic E-state index is 0.119. The molecule has 1 atom stereocenters. The van der Waals surface area contributed by atoms with Crippen LogP contribution in [0.25, 0.3) is 11.0 Å². The highest BCUT2D eigenvalue weighted by atomic mass is 16.1. The Labute approximate surface area is 157 Å². The van der Waals surface area contributed by atoms with Gasteiger partial charge in [-0.25, -0.2) is 4.98 Å². The molecular formula is C21H21N5O. The second kappa shape index (κ2) is 7.07. The smallest absolute Gasteiger partial charge is 0.255 e. The number of carbonyl (C=O) groups is 1. The number of carbonyl (C=O) groups excluding carboxylic acids is 1. The lowest BCUT2D eigenvalue weighted by Crippen LogP contribution is -2.27. The molecule has 4 rings (SSSR count). The summed E-state index contributed by atoms with van der Waals surface area (Å²) in [6, 6.07) is 15.9. The average molecular weight is 359 g/mol. The molecule has 2 aromatic heterocycles. The lowest BCUT2D eigenvalue weighted by molar-refractivity contribution is 0.0939. The monoisotopic (exact) mass is 359 g/mol. The molecule has 2 heterocycles. The van der Waals surface area contributed by atoms with E-state index in [4.69, 9.17) is 0 Å². The van der Waals surface area contributed by atoms with Gasteiger partial charge >= 0.3 is 0 Å². The molecule has 27 heavy (non-hydrogen) atoms. The fourth-order valence-electron chi connectivity index (χ4n) is 3.23. The predicted molar refractivity (Wildman–Crippen MR) is 104 cm³/mol. The topological polar surface area (TPSA) is 75.6 Å². The molecule has 2 aromatic carbocycles. The maximum Gasteiger partial charge on any atom is 0.255 e. The standard InChI is InChI=1S/C21H21N5O/c1-14(16-8-9-18-19(11-16)23-13-22-18)25-21(27)17-12-24-26(2)20(17)10-15-6-4-3-5-7-15/h3-9,11-14H,10H2,1-2H3,(H,22,23)(H,25,27). The first kappa shape index (κ1) is 17.0. The molecule has 1 amide bonds. The van der Waals surface area contributed by atoms with E-state index in [-0.39, 0.29) is 11.9 Å². The third kappa shape index (κ3) is 3.46. The van der Waals surface area contributed by atoms with Crippen molar-refractivity contribution in [3.63, 3.8) is 0 Å². The second-order valence-electron chi connectivity index (χ2n) is 6.67. The van der Waals surface area contributed by atoms with Crippen LogP contribution in [0, 0.1) is 0 Å². The van der Waals surface area contributed by atoms with Crippen LogP contribution in [0.3, 0.4) is 0 Å². The molecule has 6 heteroatoms. The summed E-state index contributed by atoms with van der Waals surface area (Å²) >= 11 is 0. The molecule has 0 saturated heterocycles. The van der Waals surface area contributed by atoms with Crippen LogP contribution in [0.1, 0.15) is 40.1 Å². The van der Waals surface area contributed by atoms with E-state index >= 15 is 0 Å².